The van der Waals surface area contributed by atoms with E-state index in [0.717, 1.165) is 13.1 Å². The van der Waals surface area contributed by atoms with Gasteiger partial charge in [-0.25, -0.2) is 0 Å². The lowest BCUT2D eigenvalue weighted by atomic mass is 10.2. The minimum atomic E-state index is 0.167. The molecule has 1 saturated heterocycles. The molecule has 1 aromatic rings. The highest BCUT2D eigenvalue weighted by molar-refractivity contribution is 6.30. The van der Waals surface area contributed by atoms with Crippen LogP contribution in [-0.4, -0.2) is 19.2 Å². The summed E-state index contributed by atoms with van der Waals surface area (Å²) in [6.07, 6.45) is 0.167. The van der Waals surface area contributed by atoms with Crippen LogP contribution in [0.4, 0.5) is 0 Å². The summed E-state index contributed by atoms with van der Waals surface area (Å²) in [6, 6.07) is 7.11. The Kier molecular flexibility index (Phi) is 2.58. The van der Waals surface area contributed by atoms with Crippen LogP contribution in [0.5, 0.6) is 5.75 Å². The molecule has 0 amide bonds. The lowest BCUT2D eigenvalue weighted by molar-refractivity contribution is 0.142. The van der Waals surface area contributed by atoms with Crippen LogP contribution in [0.15, 0.2) is 18.2 Å². The Balaban J connectivity index is 2.21. The summed E-state index contributed by atoms with van der Waals surface area (Å²) in [5.74, 6) is 0.575. The van der Waals surface area contributed by atoms with Crippen molar-refractivity contribution in [1.82, 2.24) is 5.32 Å². The van der Waals surface area contributed by atoms with E-state index in [2.05, 4.69) is 11.4 Å². The molecule has 0 spiro atoms. The maximum absolute atomic E-state index is 8.82. The highest BCUT2D eigenvalue weighted by Gasteiger charge is 2.19. The molecular formula is C10H9ClN2O. The predicted molar refractivity (Wildman–Crippen MR) is 53.5 cm³/mol. The Morgan fingerprint density at radius 2 is 2.29 bits per heavy atom. The van der Waals surface area contributed by atoms with Crippen LogP contribution in [0.1, 0.15) is 5.56 Å². The number of benzene rings is 1. The van der Waals surface area contributed by atoms with Gasteiger partial charge in [0, 0.05) is 24.2 Å². The molecule has 1 aliphatic heterocycles. The highest BCUT2D eigenvalue weighted by atomic mass is 35.5. The van der Waals surface area contributed by atoms with Gasteiger partial charge >= 0.3 is 0 Å². The fourth-order valence-corrected chi connectivity index (χ4v) is 1.37. The maximum Gasteiger partial charge on any atom is 0.139 e. The molecule has 0 unspecified atom stereocenters. The first kappa shape index (κ1) is 9.32. The molecule has 0 atom stereocenters. The topological polar surface area (TPSA) is 45.0 Å². The molecule has 3 nitrogen and oxygen atoms in total. The Morgan fingerprint density at radius 1 is 1.50 bits per heavy atom. The van der Waals surface area contributed by atoms with Gasteiger partial charge in [0.05, 0.1) is 5.56 Å². The monoisotopic (exact) mass is 208 g/mol. The van der Waals surface area contributed by atoms with Crippen molar-refractivity contribution in [2.24, 2.45) is 0 Å². The van der Waals surface area contributed by atoms with Crippen molar-refractivity contribution < 1.29 is 4.74 Å². The van der Waals surface area contributed by atoms with E-state index in [1.54, 1.807) is 18.2 Å². The standard InChI is InChI=1S/C10H9ClN2O/c11-8-2-1-7(4-12)10(3-8)14-9-5-13-6-9/h1-3,9,13H,5-6H2. The third-order valence-electron chi connectivity index (χ3n) is 2.10. The van der Waals surface area contributed by atoms with E-state index in [9.17, 15) is 0 Å². The molecule has 0 saturated carbocycles. The molecule has 1 N–H and O–H groups in total. The zero-order chi connectivity index (χ0) is 9.97. The second-order valence-electron chi connectivity index (χ2n) is 3.15. The maximum atomic E-state index is 8.82. The number of hydrogen-bond donors (Lipinski definition) is 1. The van der Waals surface area contributed by atoms with E-state index >= 15 is 0 Å². The number of rotatable bonds is 2. The zero-order valence-electron chi connectivity index (χ0n) is 7.46. The Hall–Kier alpha value is -1.24. The van der Waals surface area contributed by atoms with E-state index in [-0.39, 0.29) is 6.10 Å². The first-order chi connectivity index (χ1) is 6.79. The van der Waals surface area contributed by atoms with E-state index in [1.807, 2.05) is 0 Å². The van der Waals surface area contributed by atoms with Gasteiger partial charge in [-0.05, 0) is 12.1 Å². The summed E-state index contributed by atoms with van der Waals surface area (Å²) in [5.41, 5.74) is 0.529. The Labute approximate surface area is 87.2 Å². The molecule has 1 fully saturated rings. The summed E-state index contributed by atoms with van der Waals surface area (Å²) >= 11 is 5.81. The van der Waals surface area contributed by atoms with Crippen LogP contribution in [0.25, 0.3) is 0 Å². The summed E-state index contributed by atoms with van der Waals surface area (Å²) in [6.45, 7) is 1.66. The molecule has 14 heavy (non-hydrogen) atoms. The molecule has 0 bridgehead atoms. The van der Waals surface area contributed by atoms with Gasteiger partial charge in [-0.3, -0.25) is 0 Å². The summed E-state index contributed by atoms with van der Waals surface area (Å²) in [4.78, 5) is 0. The lowest BCUT2D eigenvalue weighted by Gasteiger charge is -2.28. The fourth-order valence-electron chi connectivity index (χ4n) is 1.21. The average molecular weight is 209 g/mol. The van der Waals surface area contributed by atoms with Gasteiger partial charge in [0.2, 0.25) is 0 Å². The second-order valence-corrected chi connectivity index (χ2v) is 3.59. The van der Waals surface area contributed by atoms with E-state index in [4.69, 9.17) is 21.6 Å². The SMILES string of the molecule is N#Cc1ccc(Cl)cc1OC1CNC1. The van der Waals surface area contributed by atoms with Crippen LogP contribution >= 0.6 is 11.6 Å². The number of nitrogens with one attached hydrogen (secondary N) is 1. The van der Waals surface area contributed by atoms with E-state index < -0.39 is 0 Å². The average Bonchev–Trinajstić information content (AvgIpc) is 2.12. The Bertz CT molecular complexity index is 382. The molecule has 1 aliphatic rings. The number of nitrogens with zero attached hydrogens (tertiary/aromatic N) is 1. The van der Waals surface area contributed by atoms with Gasteiger partial charge < -0.3 is 10.1 Å². The van der Waals surface area contributed by atoms with Crippen molar-refractivity contribution >= 4 is 11.6 Å². The van der Waals surface area contributed by atoms with Crippen LogP contribution in [-0.2, 0) is 0 Å². The molecule has 72 valence electrons. The van der Waals surface area contributed by atoms with Gasteiger partial charge in [0.25, 0.3) is 0 Å². The summed E-state index contributed by atoms with van der Waals surface area (Å²) in [7, 11) is 0. The molecule has 1 aromatic carbocycles. The minimum absolute atomic E-state index is 0.167. The van der Waals surface area contributed by atoms with Crippen LogP contribution < -0.4 is 10.1 Å². The summed E-state index contributed by atoms with van der Waals surface area (Å²) < 4.78 is 5.58. The highest BCUT2D eigenvalue weighted by Crippen LogP contribution is 2.24. The molecular weight excluding hydrogens is 200 g/mol. The number of halogens is 1. The van der Waals surface area contributed by atoms with Crippen LogP contribution in [0.2, 0.25) is 5.02 Å². The lowest BCUT2D eigenvalue weighted by Crippen LogP contribution is -2.50. The van der Waals surface area contributed by atoms with Crippen molar-refractivity contribution in [2.75, 3.05) is 13.1 Å². The third-order valence-corrected chi connectivity index (χ3v) is 2.34. The molecule has 0 aliphatic carbocycles. The van der Waals surface area contributed by atoms with Gasteiger partial charge in [-0.2, -0.15) is 5.26 Å². The smallest absolute Gasteiger partial charge is 0.139 e. The van der Waals surface area contributed by atoms with Crippen molar-refractivity contribution in [1.29, 1.82) is 5.26 Å². The second kappa shape index (κ2) is 3.87. The predicted octanol–water partition coefficient (Wildman–Crippen LogP) is 1.56. The van der Waals surface area contributed by atoms with Crippen molar-refractivity contribution in [3.8, 4) is 11.8 Å². The Morgan fingerprint density at radius 3 is 2.86 bits per heavy atom. The van der Waals surface area contributed by atoms with Gasteiger partial charge in [0.15, 0.2) is 0 Å². The fraction of sp³-hybridized carbons (Fsp3) is 0.300. The number of hydrogen-bond acceptors (Lipinski definition) is 3. The van der Waals surface area contributed by atoms with Crippen molar-refractivity contribution in [2.45, 2.75) is 6.10 Å². The molecule has 0 aromatic heterocycles. The zero-order valence-corrected chi connectivity index (χ0v) is 8.21. The number of ether oxygens (including phenoxy) is 1. The van der Waals surface area contributed by atoms with Crippen molar-refractivity contribution in [3.05, 3.63) is 28.8 Å². The first-order valence-electron chi connectivity index (χ1n) is 4.36. The van der Waals surface area contributed by atoms with Crippen LogP contribution in [0.3, 0.4) is 0 Å². The molecule has 0 radical (unpaired) electrons. The third kappa shape index (κ3) is 1.82. The number of nitriles is 1. The van der Waals surface area contributed by atoms with E-state index in [1.165, 1.54) is 0 Å². The largest absolute Gasteiger partial charge is 0.486 e. The van der Waals surface area contributed by atoms with Crippen LogP contribution in [0, 0.1) is 11.3 Å². The van der Waals surface area contributed by atoms with Gasteiger partial charge in [0.1, 0.15) is 17.9 Å². The molecule has 1 heterocycles. The molecule has 2 rings (SSSR count). The minimum Gasteiger partial charge on any atom is -0.486 e. The molecule has 4 heteroatoms. The normalized spacial score (nSPS) is 15.7. The first-order valence-corrected chi connectivity index (χ1v) is 4.74. The van der Waals surface area contributed by atoms with Gasteiger partial charge in [-0.15, -0.1) is 0 Å². The van der Waals surface area contributed by atoms with E-state index in [0.29, 0.717) is 16.3 Å². The van der Waals surface area contributed by atoms with Crippen molar-refractivity contribution in [3.63, 3.8) is 0 Å². The quantitative estimate of drug-likeness (QED) is 0.803. The summed E-state index contributed by atoms with van der Waals surface area (Å²) in [5, 5.41) is 12.5. The van der Waals surface area contributed by atoms with Gasteiger partial charge in [-0.1, -0.05) is 11.6 Å².